The summed E-state index contributed by atoms with van der Waals surface area (Å²) in [5, 5.41) is 1.10. The van der Waals surface area contributed by atoms with Crippen LogP contribution < -0.4 is 5.73 Å². The van der Waals surface area contributed by atoms with Gasteiger partial charge < -0.3 is 10.7 Å². The Labute approximate surface area is 115 Å². The SMILES string of the molecule is Nc1cccc2[nH]c(-c3ccc4ncccc4c3)nc12. The highest BCUT2D eigenvalue weighted by atomic mass is 14.9. The standard InChI is InChI=1S/C16H12N4/c17-12-4-1-5-14-15(12)20-16(19-14)11-6-7-13-10(9-11)3-2-8-18-13/h1-9H,17H2,(H,19,20). The Morgan fingerprint density at radius 3 is 2.85 bits per heavy atom. The molecule has 0 radical (unpaired) electrons. The molecule has 0 amide bonds. The number of para-hydroxylation sites is 1. The molecule has 0 aliphatic heterocycles. The van der Waals surface area contributed by atoms with Crippen LogP contribution in [0.15, 0.2) is 54.7 Å². The number of imidazole rings is 1. The maximum absolute atomic E-state index is 5.95. The van der Waals surface area contributed by atoms with Crippen LogP contribution in [0.2, 0.25) is 0 Å². The maximum Gasteiger partial charge on any atom is 0.138 e. The molecule has 2 aromatic heterocycles. The highest BCUT2D eigenvalue weighted by Crippen LogP contribution is 2.25. The van der Waals surface area contributed by atoms with Crippen LogP contribution >= 0.6 is 0 Å². The molecule has 0 aliphatic carbocycles. The van der Waals surface area contributed by atoms with E-state index in [4.69, 9.17) is 5.73 Å². The van der Waals surface area contributed by atoms with Gasteiger partial charge in [-0.05, 0) is 36.4 Å². The number of benzene rings is 2. The van der Waals surface area contributed by atoms with Gasteiger partial charge in [0.2, 0.25) is 0 Å². The summed E-state index contributed by atoms with van der Waals surface area (Å²) in [5.74, 6) is 0.823. The summed E-state index contributed by atoms with van der Waals surface area (Å²) in [4.78, 5) is 12.2. The predicted octanol–water partition coefficient (Wildman–Crippen LogP) is 3.36. The molecule has 4 aromatic rings. The first kappa shape index (κ1) is 11.0. The second-order valence-corrected chi connectivity index (χ2v) is 4.74. The van der Waals surface area contributed by atoms with Crippen molar-refractivity contribution in [3.05, 3.63) is 54.7 Å². The molecule has 0 fully saturated rings. The third kappa shape index (κ3) is 1.62. The van der Waals surface area contributed by atoms with Gasteiger partial charge in [0.25, 0.3) is 0 Å². The summed E-state index contributed by atoms with van der Waals surface area (Å²) in [5.41, 5.74) is 10.4. The van der Waals surface area contributed by atoms with E-state index in [-0.39, 0.29) is 0 Å². The van der Waals surface area contributed by atoms with Crippen molar-refractivity contribution in [1.29, 1.82) is 0 Å². The van der Waals surface area contributed by atoms with Gasteiger partial charge in [0.15, 0.2) is 0 Å². The molecule has 0 spiro atoms. The van der Waals surface area contributed by atoms with Crippen molar-refractivity contribution < 1.29 is 0 Å². The maximum atomic E-state index is 5.95. The number of aromatic amines is 1. The largest absolute Gasteiger partial charge is 0.397 e. The molecule has 4 rings (SSSR count). The molecular formula is C16H12N4. The molecule has 0 bridgehead atoms. The number of anilines is 1. The van der Waals surface area contributed by atoms with Crippen LogP contribution in [0.25, 0.3) is 33.3 Å². The fourth-order valence-corrected chi connectivity index (χ4v) is 2.41. The van der Waals surface area contributed by atoms with Gasteiger partial charge >= 0.3 is 0 Å². The van der Waals surface area contributed by atoms with E-state index in [0.29, 0.717) is 5.69 Å². The number of pyridine rings is 1. The Hall–Kier alpha value is -2.88. The average Bonchev–Trinajstić information content (AvgIpc) is 2.92. The van der Waals surface area contributed by atoms with Gasteiger partial charge in [-0.2, -0.15) is 0 Å². The van der Waals surface area contributed by atoms with E-state index in [2.05, 4.69) is 21.0 Å². The summed E-state index contributed by atoms with van der Waals surface area (Å²) >= 11 is 0. The number of rotatable bonds is 1. The fraction of sp³-hybridized carbons (Fsp3) is 0. The summed E-state index contributed by atoms with van der Waals surface area (Å²) in [6.07, 6.45) is 1.80. The fourth-order valence-electron chi connectivity index (χ4n) is 2.41. The number of hydrogen-bond acceptors (Lipinski definition) is 3. The van der Waals surface area contributed by atoms with Crippen molar-refractivity contribution >= 4 is 27.6 Å². The molecule has 3 N–H and O–H groups in total. The molecule has 4 heteroatoms. The Morgan fingerprint density at radius 1 is 1.00 bits per heavy atom. The number of fused-ring (bicyclic) bond motifs is 2. The van der Waals surface area contributed by atoms with Crippen molar-refractivity contribution in [3.8, 4) is 11.4 Å². The number of nitrogens with one attached hydrogen (secondary N) is 1. The first-order valence-electron chi connectivity index (χ1n) is 6.41. The molecule has 0 saturated heterocycles. The van der Waals surface area contributed by atoms with Crippen molar-refractivity contribution in [2.24, 2.45) is 0 Å². The summed E-state index contributed by atoms with van der Waals surface area (Å²) < 4.78 is 0. The van der Waals surface area contributed by atoms with E-state index in [1.807, 2.05) is 42.5 Å². The van der Waals surface area contributed by atoms with E-state index >= 15 is 0 Å². The van der Waals surface area contributed by atoms with Gasteiger partial charge in [-0.3, -0.25) is 4.98 Å². The normalized spacial score (nSPS) is 11.2. The summed E-state index contributed by atoms with van der Waals surface area (Å²) in [7, 11) is 0. The topological polar surface area (TPSA) is 67.6 Å². The Bertz CT molecular complexity index is 924. The van der Waals surface area contributed by atoms with Crippen molar-refractivity contribution in [3.63, 3.8) is 0 Å². The Balaban J connectivity index is 1.94. The second-order valence-electron chi connectivity index (χ2n) is 4.74. The molecule has 0 aliphatic rings. The van der Waals surface area contributed by atoms with Gasteiger partial charge in [0.05, 0.1) is 16.7 Å². The summed E-state index contributed by atoms with van der Waals surface area (Å²) in [6, 6.07) is 15.8. The average molecular weight is 260 g/mol. The molecule has 96 valence electrons. The van der Waals surface area contributed by atoms with Gasteiger partial charge in [0.1, 0.15) is 11.3 Å². The van der Waals surface area contributed by atoms with E-state index < -0.39 is 0 Å². The minimum Gasteiger partial charge on any atom is -0.397 e. The lowest BCUT2D eigenvalue weighted by molar-refractivity contribution is 1.33. The van der Waals surface area contributed by atoms with Crippen molar-refractivity contribution in [2.45, 2.75) is 0 Å². The predicted molar refractivity (Wildman–Crippen MR) is 81.2 cm³/mol. The zero-order valence-corrected chi connectivity index (χ0v) is 10.7. The van der Waals surface area contributed by atoms with Crippen LogP contribution in [0.4, 0.5) is 5.69 Å². The van der Waals surface area contributed by atoms with E-state index in [0.717, 1.165) is 33.3 Å². The Morgan fingerprint density at radius 2 is 1.95 bits per heavy atom. The first-order valence-corrected chi connectivity index (χ1v) is 6.41. The van der Waals surface area contributed by atoms with Crippen LogP contribution in [0.1, 0.15) is 0 Å². The van der Waals surface area contributed by atoms with Gasteiger partial charge in [-0.1, -0.05) is 12.1 Å². The molecule has 0 unspecified atom stereocenters. The lowest BCUT2D eigenvalue weighted by Crippen LogP contribution is -1.85. The molecule has 0 saturated carbocycles. The highest BCUT2D eigenvalue weighted by Gasteiger charge is 2.07. The molecule has 4 nitrogen and oxygen atoms in total. The molecule has 2 heterocycles. The van der Waals surface area contributed by atoms with Crippen molar-refractivity contribution in [1.82, 2.24) is 15.0 Å². The lowest BCUT2D eigenvalue weighted by Gasteiger charge is -1.99. The third-order valence-corrected chi connectivity index (χ3v) is 3.42. The smallest absolute Gasteiger partial charge is 0.138 e. The van der Waals surface area contributed by atoms with Crippen LogP contribution in [0.5, 0.6) is 0 Å². The van der Waals surface area contributed by atoms with Crippen LogP contribution in [-0.2, 0) is 0 Å². The molecular weight excluding hydrogens is 248 g/mol. The monoisotopic (exact) mass is 260 g/mol. The number of hydrogen-bond donors (Lipinski definition) is 2. The minimum atomic E-state index is 0.687. The number of nitrogen functional groups attached to an aromatic ring is 1. The quantitative estimate of drug-likeness (QED) is 0.516. The van der Waals surface area contributed by atoms with Gasteiger partial charge in [-0.25, -0.2) is 4.98 Å². The van der Waals surface area contributed by atoms with E-state index in [1.165, 1.54) is 0 Å². The van der Waals surface area contributed by atoms with Crippen LogP contribution in [-0.4, -0.2) is 15.0 Å². The molecule has 2 aromatic carbocycles. The lowest BCUT2D eigenvalue weighted by atomic mass is 10.1. The first-order chi connectivity index (χ1) is 9.81. The number of H-pyrrole nitrogens is 1. The summed E-state index contributed by atoms with van der Waals surface area (Å²) in [6.45, 7) is 0. The molecule has 0 atom stereocenters. The second kappa shape index (κ2) is 4.06. The number of nitrogens with two attached hydrogens (primary N) is 1. The third-order valence-electron chi connectivity index (χ3n) is 3.42. The number of aromatic nitrogens is 3. The van der Waals surface area contributed by atoms with Crippen LogP contribution in [0, 0.1) is 0 Å². The highest BCUT2D eigenvalue weighted by molar-refractivity contribution is 5.90. The minimum absolute atomic E-state index is 0.687. The van der Waals surface area contributed by atoms with Crippen molar-refractivity contribution in [2.75, 3.05) is 5.73 Å². The van der Waals surface area contributed by atoms with Crippen LogP contribution in [0.3, 0.4) is 0 Å². The van der Waals surface area contributed by atoms with Gasteiger partial charge in [-0.15, -0.1) is 0 Å². The van der Waals surface area contributed by atoms with E-state index in [9.17, 15) is 0 Å². The van der Waals surface area contributed by atoms with E-state index in [1.54, 1.807) is 6.20 Å². The van der Waals surface area contributed by atoms with Gasteiger partial charge in [0, 0.05) is 17.1 Å². The number of nitrogens with zero attached hydrogens (tertiary/aromatic N) is 2. The Kier molecular flexibility index (Phi) is 2.23. The zero-order valence-electron chi connectivity index (χ0n) is 10.7. The molecule has 20 heavy (non-hydrogen) atoms. The zero-order chi connectivity index (χ0) is 13.5.